The average Bonchev–Trinajstić information content (AvgIpc) is 3.24. The maximum absolute atomic E-state index is 5.81. The lowest BCUT2D eigenvalue weighted by Crippen LogP contribution is -2.43. The van der Waals surface area contributed by atoms with E-state index in [1.807, 2.05) is 24.3 Å². The van der Waals surface area contributed by atoms with E-state index in [0.717, 1.165) is 49.9 Å². The lowest BCUT2D eigenvalue weighted by molar-refractivity contribution is 0.181. The maximum Gasteiger partial charge on any atom is 0.191 e. The summed E-state index contributed by atoms with van der Waals surface area (Å²) in [5.74, 6) is 2.78. The highest BCUT2D eigenvalue weighted by Crippen LogP contribution is 2.31. The summed E-state index contributed by atoms with van der Waals surface area (Å²) in [7, 11) is 0. The molecule has 2 heterocycles. The summed E-state index contributed by atoms with van der Waals surface area (Å²) in [4.78, 5) is 7.36. The van der Waals surface area contributed by atoms with Crippen LogP contribution in [0.25, 0.3) is 0 Å². The molecule has 1 aliphatic heterocycles. The van der Waals surface area contributed by atoms with Crippen LogP contribution >= 0.6 is 0 Å². The van der Waals surface area contributed by atoms with E-state index in [4.69, 9.17) is 14.1 Å². The number of benzene rings is 1. The third kappa shape index (κ3) is 6.26. The first kappa shape index (κ1) is 22.2. The van der Waals surface area contributed by atoms with Crippen LogP contribution in [0.2, 0.25) is 0 Å². The van der Waals surface area contributed by atoms with Crippen molar-refractivity contribution in [1.29, 1.82) is 0 Å². The summed E-state index contributed by atoms with van der Waals surface area (Å²) >= 11 is 0. The van der Waals surface area contributed by atoms with Crippen molar-refractivity contribution in [3.63, 3.8) is 0 Å². The van der Waals surface area contributed by atoms with Gasteiger partial charge in [0.2, 0.25) is 0 Å². The molecule has 1 atom stereocenters. The van der Waals surface area contributed by atoms with Gasteiger partial charge in [0.15, 0.2) is 5.96 Å². The minimum Gasteiger partial charge on any atom is -0.493 e. The second-order valence-corrected chi connectivity index (χ2v) is 8.28. The Balaban J connectivity index is 1.65. The quantitative estimate of drug-likeness (QED) is 0.481. The van der Waals surface area contributed by atoms with Gasteiger partial charge in [-0.2, -0.15) is 0 Å². The summed E-state index contributed by atoms with van der Waals surface area (Å²) in [6.07, 6.45) is 3.45. The summed E-state index contributed by atoms with van der Waals surface area (Å²) in [6, 6.07) is 13.4. The van der Waals surface area contributed by atoms with Gasteiger partial charge in [0.05, 0.1) is 25.5 Å². The maximum atomic E-state index is 5.81. The van der Waals surface area contributed by atoms with Crippen LogP contribution in [0.4, 0.5) is 0 Å². The van der Waals surface area contributed by atoms with Crippen molar-refractivity contribution >= 4 is 5.96 Å². The Bertz CT molecular complexity index is 778. The third-order valence-corrected chi connectivity index (χ3v) is 5.47. The van der Waals surface area contributed by atoms with Crippen LogP contribution in [0.3, 0.4) is 0 Å². The molecule has 6 nitrogen and oxygen atoms in total. The Morgan fingerprint density at radius 3 is 2.67 bits per heavy atom. The molecule has 1 aromatic carbocycles. The molecule has 30 heavy (non-hydrogen) atoms. The molecule has 0 saturated carbocycles. The van der Waals surface area contributed by atoms with E-state index in [1.54, 1.807) is 6.26 Å². The number of nitrogens with zero attached hydrogens (tertiary/aromatic N) is 2. The standard InChI is InChI=1S/C24H36N4O2/c1-18(2)28(19(3)4)15-14-26-24(25-13-11-20-8-7-16-29-20)27-22-12-17-30-23-10-6-5-9-21(22)23/h5-10,16,18-19,22H,11-15,17H2,1-4H3,(H2,25,26,27). The average molecular weight is 413 g/mol. The van der Waals surface area contributed by atoms with Gasteiger partial charge < -0.3 is 19.8 Å². The number of hydrogen-bond donors (Lipinski definition) is 2. The predicted molar refractivity (Wildman–Crippen MR) is 122 cm³/mol. The summed E-state index contributed by atoms with van der Waals surface area (Å²) in [5, 5.41) is 7.12. The van der Waals surface area contributed by atoms with Crippen molar-refractivity contribution in [3.05, 3.63) is 54.0 Å². The number of para-hydroxylation sites is 1. The van der Waals surface area contributed by atoms with Crippen molar-refractivity contribution < 1.29 is 9.15 Å². The van der Waals surface area contributed by atoms with Crippen molar-refractivity contribution in [3.8, 4) is 5.75 Å². The summed E-state index contributed by atoms with van der Waals surface area (Å²) in [5.41, 5.74) is 1.19. The Morgan fingerprint density at radius 2 is 1.93 bits per heavy atom. The lowest BCUT2D eigenvalue weighted by atomic mass is 10.0. The van der Waals surface area contributed by atoms with E-state index in [0.29, 0.717) is 18.7 Å². The Hall–Kier alpha value is -2.47. The topological polar surface area (TPSA) is 62.0 Å². The molecule has 0 aliphatic carbocycles. The number of ether oxygens (including phenoxy) is 1. The summed E-state index contributed by atoms with van der Waals surface area (Å²) in [6.45, 7) is 12.1. The van der Waals surface area contributed by atoms with Crippen molar-refractivity contribution in [2.75, 3.05) is 26.2 Å². The zero-order valence-corrected chi connectivity index (χ0v) is 18.7. The second kappa shape index (κ2) is 11.1. The van der Waals surface area contributed by atoms with E-state index in [-0.39, 0.29) is 6.04 Å². The van der Waals surface area contributed by atoms with Gasteiger partial charge in [-0.1, -0.05) is 18.2 Å². The number of fused-ring (bicyclic) bond motifs is 1. The monoisotopic (exact) mass is 412 g/mol. The molecule has 0 radical (unpaired) electrons. The van der Waals surface area contributed by atoms with Crippen LogP contribution in [-0.2, 0) is 6.42 Å². The Morgan fingerprint density at radius 1 is 1.13 bits per heavy atom. The number of nitrogens with one attached hydrogen (secondary N) is 2. The van der Waals surface area contributed by atoms with Crippen molar-refractivity contribution in [2.45, 2.75) is 58.7 Å². The fourth-order valence-electron chi connectivity index (χ4n) is 3.96. The van der Waals surface area contributed by atoms with E-state index in [1.165, 1.54) is 5.56 Å². The van der Waals surface area contributed by atoms with Gasteiger partial charge in [-0.25, -0.2) is 0 Å². The van der Waals surface area contributed by atoms with E-state index < -0.39 is 0 Å². The molecular weight excluding hydrogens is 376 g/mol. The summed E-state index contributed by atoms with van der Waals surface area (Å²) < 4.78 is 11.3. The number of hydrogen-bond acceptors (Lipinski definition) is 4. The lowest BCUT2D eigenvalue weighted by Gasteiger charge is -2.30. The van der Waals surface area contributed by atoms with Gasteiger partial charge >= 0.3 is 0 Å². The van der Waals surface area contributed by atoms with Crippen LogP contribution in [0.15, 0.2) is 52.1 Å². The van der Waals surface area contributed by atoms with Crippen molar-refractivity contribution in [1.82, 2.24) is 15.5 Å². The van der Waals surface area contributed by atoms with Gasteiger partial charge in [0.1, 0.15) is 11.5 Å². The zero-order chi connectivity index (χ0) is 21.3. The molecule has 3 rings (SSSR count). The first-order valence-electron chi connectivity index (χ1n) is 11.1. The Kier molecular flexibility index (Phi) is 8.20. The molecule has 0 saturated heterocycles. The van der Waals surface area contributed by atoms with Crippen LogP contribution in [0.1, 0.15) is 51.5 Å². The molecular formula is C24H36N4O2. The van der Waals surface area contributed by atoms with Crippen LogP contribution in [0, 0.1) is 0 Å². The van der Waals surface area contributed by atoms with Crippen LogP contribution < -0.4 is 15.4 Å². The van der Waals surface area contributed by atoms with Crippen molar-refractivity contribution in [2.24, 2.45) is 4.99 Å². The molecule has 2 aromatic rings. The molecule has 0 fully saturated rings. The Labute approximate surface area is 180 Å². The van der Waals surface area contributed by atoms with E-state index in [2.05, 4.69) is 55.4 Å². The molecule has 6 heteroatoms. The SMILES string of the molecule is CC(C)N(CCN=C(NCCc1ccco1)NC1CCOc2ccccc21)C(C)C. The molecule has 1 aromatic heterocycles. The molecule has 164 valence electrons. The number of furan rings is 1. The molecule has 2 N–H and O–H groups in total. The first-order chi connectivity index (χ1) is 14.5. The smallest absolute Gasteiger partial charge is 0.191 e. The minimum atomic E-state index is 0.191. The molecule has 1 unspecified atom stereocenters. The first-order valence-corrected chi connectivity index (χ1v) is 11.1. The van der Waals surface area contributed by atoms with Gasteiger partial charge in [-0.15, -0.1) is 0 Å². The van der Waals surface area contributed by atoms with Gasteiger partial charge in [0, 0.05) is 43.6 Å². The fraction of sp³-hybridized carbons (Fsp3) is 0.542. The molecule has 0 amide bonds. The van der Waals surface area contributed by atoms with E-state index in [9.17, 15) is 0 Å². The normalized spacial score (nSPS) is 16.6. The predicted octanol–water partition coefficient (Wildman–Crippen LogP) is 4.00. The van der Waals surface area contributed by atoms with Gasteiger partial charge in [0.25, 0.3) is 0 Å². The fourth-order valence-corrected chi connectivity index (χ4v) is 3.96. The second-order valence-electron chi connectivity index (χ2n) is 8.28. The van der Waals surface area contributed by atoms with Gasteiger partial charge in [-0.3, -0.25) is 9.89 Å². The highest BCUT2D eigenvalue weighted by atomic mass is 16.5. The van der Waals surface area contributed by atoms with Gasteiger partial charge in [-0.05, 0) is 45.9 Å². The minimum absolute atomic E-state index is 0.191. The van der Waals surface area contributed by atoms with Crippen LogP contribution in [-0.4, -0.2) is 49.2 Å². The third-order valence-electron chi connectivity index (χ3n) is 5.47. The highest BCUT2D eigenvalue weighted by Gasteiger charge is 2.22. The zero-order valence-electron chi connectivity index (χ0n) is 18.7. The molecule has 0 bridgehead atoms. The highest BCUT2D eigenvalue weighted by molar-refractivity contribution is 5.80. The van der Waals surface area contributed by atoms with Crippen LogP contribution in [0.5, 0.6) is 5.75 Å². The largest absolute Gasteiger partial charge is 0.493 e. The van der Waals surface area contributed by atoms with E-state index >= 15 is 0 Å². The molecule has 1 aliphatic rings. The number of aliphatic imine (C=N–C) groups is 1. The molecule has 0 spiro atoms. The number of rotatable bonds is 9. The number of guanidine groups is 1.